The van der Waals surface area contributed by atoms with Crippen molar-refractivity contribution in [1.29, 1.82) is 0 Å². The molecule has 1 rings (SSSR count). The van der Waals surface area contributed by atoms with Crippen molar-refractivity contribution >= 4 is 17.3 Å². The third kappa shape index (κ3) is 8.92. The molecule has 0 radical (unpaired) electrons. The van der Waals surface area contributed by atoms with Crippen LogP contribution in [0.3, 0.4) is 0 Å². The van der Waals surface area contributed by atoms with Crippen LogP contribution in [0.4, 0.5) is 0 Å². The molecule has 0 unspecified atom stereocenters. The number of hydrogen-bond acceptors (Lipinski definition) is 1. The number of thiocarbonyl (C=S) groups is 1. The van der Waals surface area contributed by atoms with Crippen LogP contribution < -0.4 is 10.6 Å². The maximum absolute atomic E-state index is 5.27. The lowest BCUT2D eigenvalue weighted by atomic mass is 10.1. The molecule has 0 saturated carbocycles. The van der Waals surface area contributed by atoms with Crippen LogP contribution in [0.15, 0.2) is 30.3 Å². The average Bonchev–Trinajstić information content (AvgIpc) is 2.47. The Morgan fingerprint density at radius 1 is 0.900 bits per heavy atom. The molecule has 20 heavy (non-hydrogen) atoms. The van der Waals surface area contributed by atoms with Crippen LogP contribution in [0.1, 0.15) is 51.0 Å². The van der Waals surface area contributed by atoms with Crippen LogP contribution in [0.2, 0.25) is 0 Å². The van der Waals surface area contributed by atoms with Gasteiger partial charge in [0.05, 0.1) is 0 Å². The Balaban J connectivity index is 1.93. The second kappa shape index (κ2) is 11.7. The highest BCUT2D eigenvalue weighted by Crippen LogP contribution is 2.04. The highest BCUT2D eigenvalue weighted by molar-refractivity contribution is 7.80. The summed E-state index contributed by atoms with van der Waals surface area (Å²) < 4.78 is 0. The molecule has 0 amide bonds. The minimum atomic E-state index is 0.787. The fraction of sp³-hybridized carbons (Fsp3) is 0.588. The van der Waals surface area contributed by atoms with Gasteiger partial charge in [0.1, 0.15) is 0 Å². The van der Waals surface area contributed by atoms with Crippen LogP contribution >= 0.6 is 12.2 Å². The van der Waals surface area contributed by atoms with Crippen molar-refractivity contribution < 1.29 is 0 Å². The van der Waals surface area contributed by atoms with E-state index in [1.165, 1.54) is 44.1 Å². The molecular formula is C17H28N2S. The van der Waals surface area contributed by atoms with Crippen molar-refractivity contribution in [2.45, 2.75) is 51.9 Å². The first kappa shape index (κ1) is 17.0. The minimum absolute atomic E-state index is 0.787. The number of rotatable bonds is 10. The second-order valence-corrected chi connectivity index (χ2v) is 5.59. The quantitative estimate of drug-likeness (QED) is 0.502. The topological polar surface area (TPSA) is 24.1 Å². The van der Waals surface area contributed by atoms with Gasteiger partial charge in [0.25, 0.3) is 0 Å². The molecule has 0 spiro atoms. The van der Waals surface area contributed by atoms with Gasteiger partial charge in [-0.1, -0.05) is 69.4 Å². The molecular weight excluding hydrogens is 264 g/mol. The summed E-state index contributed by atoms with van der Waals surface area (Å²) in [7, 11) is 0. The van der Waals surface area contributed by atoms with Crippen LogP contribution in [0.5, 0.6) is 0 Å². The summed E-state index contributed by atoms with van der Waals surface area (Å²) in [5.74, 6) is 0. The Hall–Kier alpha value is -1.09. The van der Waals surface area contributed by atoms with E-state index < -0.39 is 0 Å². The zero-order chi connectivity index (χ0) is 14.5. The molecule has 2 nitrogen and oxygen atoms in total. The van der Waals surface area contributed by atoms with Crippen LogP contribution in [-0.2, 0) is 6.42 Å². The highest BCUT2D eigenvalue weighted by Gasteiger charge is 1.96. The summed E-state index contributed by atoms with van der Waals surface area (Å²) in [6, 6.07) is 10.5. The Bertz CT molecular complexity index is 351. The highest BCUT2D eigenvalue weighted by atomic mass is 32.1. The first-order valence-corrected chi connectivity index (χ1v) is 8.29. The summed E-state index contributed by atoms with van der Waals surface area (Å²) in [5.41, 5.74) is 1.35. The molecule has 3 heteroatoms. The molecule has 0 fully saturated rings. The van der Waals surface area contributed by atoms with Gasteiger partial charge in [0.2, 0.25) is 0 Å². The van der Waals surface area contributed by atoms with E-state index in [0.29, 0.717) is 0 Å². The lowest BCUT2D eigenvalue weighted by Gasteiger charge is -2.10. The summed E-state index contributed by atoms with van der Waals surface area (Å²) in [4.78, 5) is 0. The van der Waals surface area contributed by atoms with Crippen molar-refractivity contribution in [1.82, 2.24) is 10.6 Å². The molecule has 0 bridgehead atoms. The maximum Gasteiger partial charge on any atom is 0.166 e. The van der Waals surface area contributed by atoms with Gasteiger partial charge >= 0.3 is 0 Å². The molecule has 1 aromatic rings. The summed E-state index contributed by atoms with van der Waals surface area (Å²) in [5, 5.41) is 7.33. The zero-order valence-electron chi connectivity index (χ0n) is 12.7. The van der Waals surface area contributed by atoms with Crippen molar-refractivity contribution in [2.24, 2.45) is 0 Å². The lowest BCUT2D eigenvalue weighted by molar-refractivity contribution is 0.601. The van der Waals surface area contributed by atoms with Crippen molar-refractivity contribution in [3.8, 4) is 0 Å². The van der Waals surface area contributed by atoms with Crippen LogP contribution in [0.25, 0.3) is 0 Å². The third-order valence-electron chi connectivity index (χ3n) is 3.36. The Morgan fingerprint density at radius 3 is 2.30 bits per heavy atom. The van der Waals surface area contributed by atoms with Gasteiger partial charge < -0.3 is 10.6 Å². The third-order valence-corrected chi connectivity index (χ3v) is 3.65. The Morgan fingerprint density at radius 2 is 1.55 bits per heavy atom. The Kier molecular flexibility index (Phi) is 9.93. The SMILES string of the molecule is CCCCCCCCNC(=S)NCCc1ccccc1. The van der Waals surface area contributed by atoms with E-state index in [1.807, 2.05) is 6.07 Å². The van der Waals surface area contributed by atoms with Crippen molar-refractivity contribution in [3.05, 3.63) is 35.9 Å². The van der Waals surface area contributed by atoms with Gasteiger partial charge in [0.15, 0.2) is 5.11 Å². The van der Waals surface area contributed by atoms with E-state index in [0.717, 1.165) is 24.6 Å². The summed E-state index contributed by atoms with van der Waals surface area (Å²) in [6.07, 6.45) is 8.93. The number of nitrogens with one attached hydrogen (secondary N) is 2. The fourth-order valence-corrected chi connectivity index (χ4v) is 2.34. The monoisotopic (exact) mass is 292 g/mol. The molecule has 0 aliphatic carbocycles. The van der Waals surface area contributed by atoms with E-state index in [2.05, 4.69) is 41.8 Å². The molecule has 0 aliphatic rings. The minimum Gasteiger partial charge on any atom is -0.363 e. The fourth-order valence-electron chi connectivity index (χ4n) is 2.13. The summed E-state index contributed by atoms with van der Waals surface area (Å²) >= 11 is 5.27. The van der Waals surface area contributed by atoms with E-state index in [9.17, 15) is 0 Å². The molecule has 112 valence electrons. The van der Waals surface area contributed by atoms with Gasteiger partial charge in [-0.3, -0.25) is 0 Å². The normalized spacial score (nSPS) is 10.2. The predicted octanol–water partition coefficient (Wildman–Crippen LogP) is 4.05. The van der Waals surface area contributed by atoms with Gasteiger partial charge in [-0.2, -0.15) is 0 Å². The summed E-state index contributed by atoms with van der Waals surface area (Å²) in [6.45, 7) is 4.14. The van der Waals surface area contributed by atoms with E-state index >= 15 is 0 Å². The predicted molar refractivity (Wildman–Crippen MR) is 92.1 cm³/mol. The molecule has 0 aliphatic heterocycles. The first-order valence-electron chi connectivity index (χ1n) is 7.88. The van der Waals surface area contributed by atoms with Gasteiger partial charge in [0, 0.05) is 13.1 Å². The Labute approximate surface area is 129 Å². The van der Waals surface area contributed by atoms with Gasteiger partial charge in [-0.15, -0.1) is 0 Å². The molecule has 0 aromatic heterocycles. The maximum atomic E-state index is 5.27. The zero-order valence-corrected chi connectivity index (χ0v) is 13.5. The largest absolute Gasteiger partial charge is 0.363 e. The van der Waals surface area contributed by atoms with Gasteiger partial charge in [-0.25, -0.2) is 0 Å². The van der Waals surface area contributed by atoms with Gasteiger partial charge in [-0.05, 0) is 30.6 Å². The standard InChI is InChI=1S/C17H28N2S/c1-2-3-4-5-6-10-14-18-17(20)19-15-13-16-11-8-7-9-12-16/h7-9,11-12H,2-6,10,13-15H2,1H3,(H2,18,19,20). The number of unbranched alkanes of at least 4 members (excludes halogenated alkanes) is 5. The van der Waals surface area contributed by atoms with E-state index in [4.69, 9.17) is 12.2 Å². The molecule has 0 saturated heterocycles. The average molecular weight is 292 g/mol. The molecule has 2 N–H and O–H groups in total. The number of hydrogen-bond donors (Lipinski definition) is 2. The second-order valence-electron chi connectivity index (χ2n) is 5.19. The van der Waals surface area contributed by atoms with Crippen molar-refractivity contribution in [3.63, 3.8) is 0 Å². The van der Waals surface area contributed by atoms with Crippen LogP contribution in [-0.4, -0.2) is 18.2 Å². The molecule has 1 aromatic carbocycles. The smallest absolute Gasteiger partial charge is 0.166 e. The molecule has 0 heterocycles. The first-order chi connectivity index (χ1) is 9.83. The molecule has 0 atom stereocenters. The van der Waals surface area contributed by atoms with E-state index in [1.54, 1.807) is 0 Å². The van der Waals surface area contributed by atoms with Crippen molar-refractivity contribution in [2.75, 3.05) is 13.1 Å². The van der Waals surface area contributed by atoms with Crippen LogP contribution in [0, 0.1) is 0 Å². The lowest BCUT2D eigenvalue weighted by Crippen LogP contribution is -2.36. The number of benzene rings is 1. The van der Waals surface area contributed by atoms with E-state index in [-0.39, 0.29) is 0 Å².